The van der Waals surface area contributed by atoms with E-state index in [9.17, 15) is 0 Å². The van der Waals surface area contributed by atoms with Crippen molar-refractivity contribution in [2.24, 2.45) is 5.73 Å². The molecule has 1 aliphatic carbocycles. The molecule has 1 fully saturated rings. The van der Waals surface area contributed by atoms with E-state index >= 15 is 0 Å². The van der Waals surface area contributed by atoms with Gasteiger partial charge in [0.2, 0.25) is 0 Å². The Morgan fingerprint density at radius 2 is 2.00 bits per heavy atom. The van der Waals surface area contributed by atoms with Gasteiger partial charge in [0.15, 0.2) is 0 Å². The average Bonchev–Trinajstić information content (AvgIpc) is 2.64. The second-order valence-corrected chi connectivity index (χ2v) is 2.72. The first kappa shape index (κ1) is 7.29. The molecule has 10 heavy (non-hydrogen) atoms. The van der Waals surface area contributed by atoms with Crippen LogP contribution in [0.2, 0.25) is 0 Å². The van der Waals surface area contributed by atoms with Crippen LogP contribution in [0.4, 0.5) is 0 Å². The molecular weight excluding hydrogens is 122 g/mol. The number of allylic oxidation sites excluding steroid dienone is 2. The standard InChI is InChI=1S/C9H13N/c1-3-5-8(4-2)9(10)6-7-9/h3-5H,1-2,6-7,10H2/b8-5+. The van der Waals surface area contributed by atoms with Gasteiger partial charge in [-0.3, -0.25) is 0 Å². The Hall–Kier alpha value is -0.820. The molecule has 1 nitrogen and oxygen atoms in total. The molecule has 0 heterocycles. The Kier molecular flexibility index (Phi) is 1.77. The molecule has 0 unspecified atom stereocenters. The minimum absolute atomic E-state index is 0.0596. The molecule has 2 N–H and O–H groups in total. The van der Waals surface area contributed by atoms with Gasteiger partial charge in [-0.05, 0) is 18.4 Å². The molecule has 0 radical (unpaired) electrons. The van der Waals surface area contributed by atoms with Gasteiger partial charge in [-0.1, -0.05) is 31.4 Å². The molecule has 1 aliphatic rings. The maximum absolute atomic E-state index is 5.90. The van der Waals surface area contributed by atoms with Gasteiger partial charge in [0.1, 0.15) is 0 Å². The highest BCUT2D eigenvalue weighted by molar-refractivity contribution is 5.37. The molecule has 0 atom stereocenters. The van der Waals surface area contributed by atoms with Crippen molar-refractivity contribution in [2.45, 2.75) is 18.4 Å². The minimum Gasteiger partial charge on any atom is -0.321 e. The predicted octanol–water partition coefficient (Wildman–Crippen LogP) is 1.78. The Morgan fingerprint density at radius 3 is 2.30 bits per heavy atom. The highest BCUT2D eigenvalue weighted by Crippen LogP contribution is 2.39. The van der Waals surface area contributed by atoms with Gasteiger partial charge >= 0.3 is 0 Å². The smallest absolute Gasteiger partial charge is 0.0411 e. The molecule has 1 saturated carbocycles. The van der Waals surface area contributed by atoms with Crippen LogP contribution in [0.3, 0.4) is 0 Å². The molecule has 0 aromatic carbocycles. The zero-order chi connectivity index (χ0) is 7.61. The Labute approximate surface area is 61.9 Å². The molecule has 54 valence electrons. The summed E-state index contributed by atoms with van der Waals surface area (Å²) < 4.78 is 0. The molecule has 0 saturated heterocycles. The molecule has 0 aliphatic heterocycles. The quantitative estimate of drug-likeness (QED) is 0.586. The largest absolute Gasteiger partial charge is 0.321 e. The van der Waals surface area contributed by atoms with Crippen molar-refractivity contribution in [3.63, 3.8) is 0 Å². The summed E-state index contributed by atoms with van der Waals surface area (Å²) in [7, 11) is 0. The van der Waals surface area contributed by atoms with Gasteiger partial charge in [-0.25, -0.2) is 0 Å². The lowest BCUT2D eigenvalue weighted by Crippen LogP contribution is -2.23. The van der Waals surface area contributed by atoms with Crippen molar-refractivity contribution in [3.8, 4) is 0 Å². The number of nitrogens with two attached hydrogens (primary N) is 1. The van der Waals surface area contributed by atoms with E-state index in [-0.39, 0.29) is 5.54 Å². The highest BCUT2D eigenvalue weighted by atomic mass is 14.8. The fraction of sp³-hybridized carbons (Fsp3) is 0.333. The third-order valence-electron chi connectivity index (χ3n) is 1.88. The third kappa shape index (κ3) is 1.19. The normalized spacial score (nSPS) is 21.9. The molecule has 0 spiro atoms. The second-order valence-electron chi connectivity index (χ2n) is 2.72. The zero-order valence-electron chi connectivity index (χ0n) is 6.14. The summed E-state index contributed by atoms with van der Waals surface area (Å²) in [4.78, 5) is 0. The fourth-order valence-electron chi connectivity index (χ4n) is 0.988. The lowest BCUT2D eigenvalue weighted by atomic mass is 10.1. The van der Waals surface area contributed by atoms with Gasteiger partial charge in [-0.15, -0.1) is 0 Å². The monoisotopic (exact) mass is 135 g/mol. The lowest BCUT2D eigenvalue weighted by molar-refractivity contribution is 0.816. The summed E-state index contributed by atoms with van der Waals surface area (Å²) in [5.41, 5.74) is 6.95. The van der Waals surface area contributed by atoms with E-state index in [1.807, 2.05) is 12.2 Å². The molecular formula is C9H13N. The van der Waals surface area contributed by atoms with Gasteiger partial charge in [-0.2, -0.15) is 0 Å². The fourth-order valence-corrected chi connectivity index (χ4v) is 0.988. The Balaban J connectivity index is 2.74. The molecule has 1 rings (SSSR count). The van der Waals surface area contributed by atoms with Gasteiger partial charge in [0.25, 0.3) is 0 Å². The van der Waals surface area contributed by atoms with E-state index in [4.69, 9.17) is 5.73 Å². The molecule has 0 aromatic heterocycles. The lowest BCUT2D eigenvalue weighted by Gasteiger charge is -2.07. The van der Waals surface area contributed by atoms with Crippen molar-refractivity contribution in [1.29, 1.82) is 0 Å². The van der Waals surface area contributed by atoms with E-state index in [0.717, 1.165) is 18.4 Å². The van der Waals surface area contributed by atoms with Gasteiger partial charge in [0, 0.05) is 5.54 Å². The first-order chi connectivity index (χ1) is 4.73. The van der Waals surface area contributed by atoms with E-state index in [2.05, 4.69) is 13.2 Å². The van der Waals surface area contributed by atoms with E-state index in [0.29, 0.717) is 0 Å². The van der Waals surface area contributed by atoms with Crippen LogP contribution in [0.25, 0.3) is 0 Å². The van der Waals surface area contributed by atoms with E-state index < -0.39 is 0 Å². The number of rotatable bonds is 3. The van der Waals surface area contributed by atoms with Crippen LogP contribution in [0.5, 0.6) is 0 Å². The van der Waals surface area contributed by atoms with Crippen LogP contribution in [-0.4, -0.2) is 5.54 Å². The molecule has 0 aromatic rings. The summed E-state index contributed by atoms with van der Waals surface area (Å²) in [5, 5.41) is 0. The third-order valence-corrected chi connectivity index (χ3v) is 1.88. The summed E-state index contributed by atoms with van der Waals surface area (Å²) in [5.74, 6) is 0. The summed E-state index contributed by atoms with van der Waals surface area (Å²) in [6.45, 7) is 7.30. The van der Waals surface area contributed by atoms with Gasteiger partial charge < -0.3 is 5.73 Å². The predicted molar refractivity (Wildman–Crippen MR) is 44.6 cm³/mol. The van der Waals surface area contributed by atoms with Crippen molar-refractivity contribution >= 4 is 0 Å². The SMILES string of the molecule is C=C/C=C(\C=C)C1(N)CC1. The summed E-state index contributed by atoms with van der Waals surface area (Å²) in [6.07, 6.45) is 7.66. The zero-order valence-corrected chi connectivity index (χ0v) is 6.14. The van der Waals surface area contributed by atoms with E-state index in [1.165, 1.54) is 0 Å². The molecule has 1 heteroatoms. The van der Waals surface area contributed by atoms with Crippen molar-refractivity contribution in [2.75, 3.05) is 0 Å². The second kappa shape index (κ2) is 2.43. The topological polar surface area (TPSA) is 26.0 Å². The van der Waals surface area contributed by atoms with Gasteiger partial charge in [0.05, 0.1) is 0 Å². The first-order valence-corrected chi connectivity index (χ1v) is 3.47. The van der Waals surface area contributed by atoms with Crippen molar-refractivity contribution < 1.29 is 0 Å². The van der Waals surface area contributed by atoms with Crippen LogP contribution in [-0.2, 0) is 0 Å². The minimum atomic E-state index is -0.0596. The Morgan fingerprint density at radius 1 is 1.40 bits per heavy atom. The first-order valence-electron chi connectivity index (χ1n) is 3.47. The average molecular weight is 135 g/mol. The maximum Gasteiger partial charge on any atom is 0.0411 e. The van der Waals surface area contributed by atoms with Crippen LogP contribution in [0, 0.1) is 0 Å². The number of hydrogen-bond donors (Lipinski definition) is 1. The maximum atomic E-state index is 5.90. The summed E-state index contributed by atoms with van der Waals surface area (Å²) in [6, 6.07) is 0. The van der Waals surface area contributed by atoms with Crippen molar-refractivity contribution in [3.05, 3.63) is 37.0 Å². The van der Waals surface area contributed by atoms with Crippen LogP contribution in [0.1, 0.15) is 12.8 Å². The number of hydrogen-bond acceptors (Lipinski definition) is 1. The van der Waals surface area contributed by atoms with Crippen molar-refractivity contribution in [1.82, 2.24) is 0 Å². The van der Waals surface area contributed by atoms with Crippen LogP contribution in [0.15, 0.2) is 37.0 Å². The van der Waals surface area contributed by atoms with E-state index in [1.54, 1.807) is 6.08 Å². The Bertz CT molecular complexity index is 185. The summed E-state index contributed by atoms with van der Waals surface area (Å²) >= 11 is 0. The molecule has 0 amide bonds. The molecule has 0 bridgehead atoms. The highest BCUT2D eigenvalue weighted by Gasteiger charge is 2.40. The van der Waals surface area contributed by atoms with Crippen LogP contribution < -0.4 is 5.73 Å². The van der Waals surface area contributed by atoms with Crippen LogP contribution >= 0.6 is 0 Å².